The summed E-state index contributed by atoms with van der Waals surface area (Å²) >= 11 is 0. The van der Waals surface area contributed by atoms with Gasteiger partial charge in [-0.1, -0.05) is 0 Å². The largest absolute Gasteiger partial charge is 0.502 e. The lowest BCUT2D eigenvalue weighted by atomic mass is 10.0. The van der Waals surface area contributed by atoms with Gasteiger partial charge in [0.2, 0.25) is 0 Å². The zero-order chi connectivity index (χ0) is 16.8. The summed E-state index contributed by atoms with van der Waals surface area (Å²) in [5.41, 5.74) is -0.539. The molecule has 0 radical (unpaired) electrons. The van der Waals surface area contributed by atoms with E-state index < -0.39 is 23.4 Å². The number of ether oxygens (including phenoxy) is 2. The maximum atomic E-state index is 11.7. The molecule has 7 heteroatoms. The summed E-state index contributed by atoms with van der Waals surface area (Å²) < 4.78 is 10.6. The number of hydrogen-bond acceptors (Lipinski definition) is 6. The van der Waals surface area contributed by atoms with Crippen molar-refractivity contribution in [2.24, 2.45) is 0 Å². The van der Waals surface area contributed by atoms with E-state index in [4.69, 9.17) is 14.3 Å². The highest BCUT2D eigenvalue weighted by Crippen LogP contribution is 2.19. The van der Waals surface area contributed by atoms with Gasteiger partial charge in [0, 0.05) is 12.8 Å². The molecule has 0 N–H and O–H groups in total. The molecule has 0 unspecified atom stereocenters. The van der Waals surface area contributed by atoms with Crippen LogP contribution in [-0.2, 0) is 28.7 Å². The Morgan fingerprint density at radius 2 is 1.86 bits per heavy atom. The van der Waals surface area contributed by atoms with Crippen LogP contribution >= 0.6 is 0 Å². The Hall–Kier alpha value is -1.89. The summed E-state index contributed by atoms with van der Waals surface area (Å²) in [5.74, 6) is -0.826. The van der Waals surface area contributed by atoms with E-state index in [-0.39, 0.29) is 19.3 Å². The van der Waals surface area contributed by atoms with Crippen molar-refractivity contribution in [1.82, 2.24) is 5.06 Å². The quantitative estimate of drug-likeness (QED) is 0.501. The number of carbonyl (C=O) groups is 3. The van der Waals surface area contributed by atoms with Crippen LogP contribution in [-0.4, -0.2) is 42.2 Å². The van der Waals surface area contributed by atoms with Crippen LogP contribution in [0.1, 0.15) is 46.5 Å². The van der Waals surface area contributed by atoms with Gasteiger partial charge < -0.3 is 14.3 Å². The fourth-order valence-electron chi connectivity index (χ4n) is 1.75. The molecular weight excluding hydrogens is 290 g/mol. The first-order valence-electron chi connectivity index (χ1n) is 7.16. The lowest BCUT2D eigenvalue weighted by Crippen LogP contribution is -2.33. The molecule has 1 fully saturated rings. The van der Waals surface area contributed by atoms with Gasteiger partial charge in [0.1, 0.15) is 0 Å². The Morgan fingerprint density at radius 3 is 2.41 bits per heavy atom. The predicted octanol–water partition coefficient (Wildman–Crippen LogP) is 1.72. The molecule has 22 heavy (non-hydrogen) atoms. The number of nitrogens with zero attached hydrogens (tertiary/aromatic N) is 1. The predicted molar refractivity (Wildman–Crippen MR) is 77.2 cm³/mol. The van der Waals surface area contributed by atoms with Crippen molar-refractivity contribution in [1.29, 1.82) is 0 Å². The van der Waals surface area contributed by atoms with Gasteiger partial charge in [0.25, 0.3) is 11.8 Å². The van der Waals surface area contributed by atoms with Gasteiger partial charge >= 0.3 is 5.97 Å². The lowest BCUT2D eigenvalue weighted by Gasteiger charge is -2.24. The average Bonchev–Trinajstić information content (AvgIpc) is 2.76. The van der Waals surface area contributed by atoms with Gasteiger partial charge in [0.15, 0.2) is 0 Å². The summed E-state index contributed by atoms with van der Waals surface area (Å²) in [7, 11) is 1.58. The van der Waals surface area contributed by atoms with E-state index in [0.717, 1.165) is 5.76 Å². The summed E-state index contributed by atoms with van der Waals surface area (Å²) in [6, 6.07) is 0. The molecule has 0 aliphatic carbocycles. The molecule has 1 heterocycles. The van der Waals surface area contributed by atoms with Gasteiger partial charge in [-0.3, -0.25) is 9.59 Å². The van der Waals surface area contributed by atoms with Crippen LogP contribution in [0.2, 0.25) is 0 Å². The van der Waals surface area contributed by atoms with Crippen LogP contribution in [0.15, 0.2) is 11.8 Å². The number of amides is 2. The molecular formula is C15H23NO6. The molecule has 0 bridgehead atoms. The lowest BCUT2D eigenvalue weighted by molar-refractivity contribution is -0.198. The number of rotatable bonds is 8. The van der Waals surface area contributed by atoms with Gasteiger partial charge in [-0.15, -0.1) is 5.06 Å². The molecule has 1 rings (SSSR count). The molecule has 0 spiro atoms. The summed E-state index contributed by atoms with van der Waals surface area (Å²) in [5, 5.41) is 0.556. The second-order valence-electron chi connectivity index (χ2n) is 5.63. The molecule has 0 aromatic carbocycles. The van der Waals surface area contributed by atoms with Crippen LogP contribution in [0.5, 0.6) is 0 Å². The van der Waals surface area contributed by atoms with Crippen LogP contribution in [0.3, 0.4) is 0 Å². The Kier molecular flexibility index (Phi) is 6.55. The normalized spacial score (nSPS) is 16.2. The van der Waals surface area contributed by atoms with E-state index in [0.29, 0.717) is 18.1 Å². The maximum absolute atomic E-state index is 11.7. The minimum absolute atomic E-state index is 0.0526. The second kappa shape index (κ2) is 7.93. The van der Waals surface area contributed by atoms with Crippen molar-refractivity contribution in [2.45, 2.75) is 52.1 Å². The van der Waals surface area contributed by atoms with E-state index in [1.807, 2.05) is 20.8 Å². The van der Waals surface area contributed by atoms with E-state index in [2.05, 4.69) is 0 Å². The topological polar surface area (TPSA) is 82.1 Å². The van der Waals surface area contributed by atoms with E-state index in [1.165, 1.54) is 0 Å². The zero-order valence-corrected chi connectivity index (χ0v) is 13.5. The molecule has 2 amide bonds. The monoisotopic (exact) mass is 313 g/mol. The van der Waals surface area contributed by atoms with Crippen LogP contribution in [0.25, 0.3) is 0 Å². The minimum atomic E-state index is -0.621. The van der Waals surface area contributed by atoms with Crippen LogP contribution in [0.4, 0.5) is 0 Å². The second-order valence-corrected chi connectivity index (χ2v) is 5.63. The first-order valence-corrected chi connectivity index (χ1v) is 7.16. The van der Waals surface area contributed by atoms with E-state index in [1.54, 1.807) is 13.2 Å². The van der Waals surface area contributed by atoms with Gasteiger partial charge in [-0.25, -0.2) is 4.79 Å². The Balaban J connectivity index is 2.35. The van der Waals surface area contributed by atoms with Gasteiger partial charge in [-0.05, 0) is 33.3 Å². The molecule has 1 saturated heterocycles. The first kappa shape index (κ1) is 18.2. The third-order valence-corrected chi connectivity index (χ3v) is 3.30. The Morgan fingerprint density at radius 1 is 1.27 bits per heavy atom. The van der Waals surface area contributed by atoms with Gasteiger partial charge in [0.05, 0.1) is 31.5 Å². The van der Waals surface area contributed by atoms with Crippen LogP contribution < -0.4 is 0 Å². The third kappa shape index (κ3) is 5.85. The fourth-order valence-corrected chi connectivity index (χ4v) is 1.75. The molecule has 0 aromatic rings. The summed E-state index contributed by atoms with van der Waals surface area (Å²) in [6.07, 6.45) is 2.43. The number of hydroxylamine groups is 2. The van der Waals surface area contributed by atoms with Crippen molar-refractivity contribution in [3.8, 4) is 0 Å². The molecule has 0 aromatic heterocycles. The number of hydrogen-bond donors (Lipinski definition) is 0. The molecule has 1 aliphatic rings. The van der Waals surface area contributed by atoms with Crippen molar-refractivity contribution in [3.05, 3.63) is 11.8 Å². The van der Waals surface area contributed by atoms with Crippen molar-refractivity contribution >= 4 is 17.8 Å². The number of carbonyl (C=O) groups excluding carboxylic acids is 3. The smallest absolute Gasteiger partial charge is 0.333 e. The Bertz CT molecular complexity index is 453. The molecule has 124 valence electrons. The van der Waals surface area contributed by atoms with E-state index >= 15 is 0 Å². The standard InChI is InChI=1S/C15H23NO6/c1-11(20-4)8-10-21-15(2,3)9-7-14(19)22-16-12(17)5-6-13(16)18/h8H,5-7,9-10H2,1-4H3/b11-8+. The number of imide groups is 1. The highest BCUT2D eigenvalue weighted by Gasteiger charge is 2.33. The maximum Gasteiger partial charge on any atom is 0.333 e. The van der Waals surface area contributed by atoms with Gasteiger partial charge in [-0.2, -0.15) is 0 Å². The fraction of sp³-hybridized carbons (Fsp3) is 0.667. The Labute approximate surface area is 130 Å². The SMILES string of the molecule is CO/C(C)=C/COC(C)(C)CCC(=O)ON1C(=O)CCC1=O. The summed E-state index contributed by atoms with van der Waals surface area (Å²) in [4.78, 5) is 39.2. The molecule has 0 atom stereocenters. The van der Waals surface area contributed by atoms with Crippen molar-refractivity contribution in [3.63, 3.8) is 0 Å². The summed E-state index contributed by atoms with van der Waals surface area (Å²) in [6.45, 7) is 5.88. The average molecular weight is 313 g/mol. The first-order chi connectivity index (χ1) is 10.2. The van der Waals surface area contributed by atoms with Crippen molar-refractivity contribution in [2.75, 3.05) is 13.7 Å². The third-order valence-electron chi connectivity index (χ3n) is 3.30. The van der Waals surface area contributed by atoms with Crippen LogP contribution in [0, 0.1) is 0 Å². The number of methoxy groups -OCH3 is 1. The van der Waals surface area contributed by atoms with E-state index in [9.17, 15) is 14.4 Å². The molecule has 0 saturated carbocycles. The highest BCUT2D eigenvalue weighted by atomic mass is 16.7. The molecule has 1 aliphatic heterocycles. The zero-order valence-electron chi connectivity index (χ0n) is 13.5. The molecule has 7 nitrogen and oxygen atoms in total. The number of allylic oxidation sites excluding steroid dienone is 1. The minimum Gasteiger partial charge on any atom is -0.502 e. The highest BCUT2D eigenvalue weighted by molar-refractivity contribution is 6.01. The van der Waals surface area contributed by atoms with Crippen molar-refractivity contribution < 1.29 is 28.7 Å².